The lowest BCUT2D eigenvalue weighted by Crippen LogP contribution is -2.42. The van der Waals surface area contributed by atoms with Crippen LogP contribution >= 0.6 is 11.6 Å². The number of nitrogens with one attached hydrogen (secondary N) is 1. The smallest absolute Gasteiger partial charge is 0.289 e. The van der Waals surface area contributed by atoms with Gasteiger partial charge in [-0.1, -0.05) is 17.7 Å². The Labute approximate surface area is 143 Å². The molecule has 8 heteroatoms. The van der Waals surface area contributed by atoms with Crippen molar-refractivity contribution in [1.29, 1.82) is 0 Å². The van der Waals surface area contributed by atoms with Crippen molar-refractivity contribution >= 4 is 28.8 Å². The normalized spacial score (nSPS) is 17.6. The molecule has 126 valence electrons. The highest BCUT2D eigenvalue weighted by molar-refractivity contribution is 6.33. The van der Waals surface area contributed by atoms with Gasteiger partial charge in [-0.15, -0.1) is 0 Å². The number of aromatic nitrogens is 1. The molecule has 0 aliphatic carbocycles. The minimum atomic E-state index is -0.533. The van der Waals surface area contributed by atoms with Crippen molar-refractivity contribution in [3.63, 3.8) is 0 Å². The van der Waals surface area contributed by atoms with Crippen LogP contribution in [0.3, 0.4) is 0 Å². The van der Waals surface area contributed by atoms with E-state index in [-0.39, 0.29) is 22.6 Å². The van der Waals surface area contributed by atoms with Gasteiger partial charge in [0.15, 0.2) is 0 Å². The van der Waals surface area contributed by atoms with Crippen LogP contribution in [0.25, 0.3) is 0 Å². The summed E-state index contributed by atoms with van der Waals surface area (Å²) in [6, 6.07) is 7.86. The average molecular weight is 351 g/mol. The molecule has 1 aromatic carbocycles. The Balaban J connectivity index is 1.70. The summed E-state index contributed by atoms with van der Waals surface area (Å²) in [5, 5.41) is 14.2. The van der Waals surface area contributed by atoms with Crippen LogP contribution in [0.2, 0.25) is 5.02 Å². The molecule has 1 saturated heterocycles. The Morgan fingerprint density at radius 1 is 1.42 bits per heavy atom. The van der Waals surface area contributed by atoms with E-state index >= 15 is 0 Å². The molecule has 0 spiro atoms. The fourth-order valence-electron chi connectivity index (χ4n) is 2.83. The van der Waals surface area contributed by atoms with Crippen LogP contribution in [0.1, 0.15) is 12.8 Å². The molecule has 1 atom stereocenters. The van der Waals surface area contributed by atoms with E-state index in [0.717, 1.165) is 25.1 Å². The van der Waals surface area contributed by atoms with E-state index in [2.05, 4.69) is 15.2 Å². The van der Waals surface area contributed by atoms with Gasteiger partial charge in [-0.2, -0.15) is 0 Å². The topological polar surface area (TPSA) is 71.3 Å². The molecule has 2 heterocycles. The van der Waals surface area contributed by atoms with Crippen molar-refractivity contribution in [2.45, 2.75) is 18.9 Å². The highest BCUT2D eigenvalue weighted by Crippen LogP contribution is 2.27. The molecule has 2 aromatic rings. The van der Waals surface area contributed by atoms with Crippen molar-refractivity contribution in [2.24, 2.45) is 0 Å². The van der Waals surface area contributed by atoms with Gasteiger partial charge >= 0.3 is 0 Å². The van der Waals surface area contributed by atoms with Gasteiger partial charge in [-0.3, -0.25) is 10.1 Å². The predicted octanol–water partition coefficient (Wildman–Crippen LogP) is 3.86. The zero-order valence-electron chi connectivity index (χ0n) is 12.8. The number of hydrogen-bond donors (Lipinski definition) is 1. The zero-order chi connectivity index (χ0) is 17.1. The lowest BCUT2D eigenvalue weighted by molar-refractivity contribution is -0.385. The molecule has 6 nitrogen and oxygen atoms in total. The van der Waals surface area contributed by atoms with Gasteiger partial charge in [0.05, 0.1) is 9.95 Å². The SMILES string of the molecule is O=[N+]([O-])c1cnc(NC2CCCN(c3cccc(F)c3)C2)c(Cl)c1. The summed E-state index contributed by atoms with van der Waals surface area (Å²) >= 11 is 6.07. The number of anilines is 2. The molecule has 1 N–H and O–H groups in total. The summed E-state index contributed by atoms with van der Waals surface area (Å²) in [4.78, 5) is 16.3. The second-order valence-electron chi connectivity index (χ2n) is 5.69. The number of benzene rings is 1. The molecule has 1 fully saturated rings. The lowest BCUT2D eigenvalue weighted by Gasteiger charge is -2.35. The highest BCUT2D eigenvalue weighted by atomic mass is 35.5. The number of hydrogen-bond acceptors (Lipinski definition) is 5. The maximum atomic E-state index is 13.4. The van der Waals surface area contributed by atoms with Gasteiger partial charge < -0.3 is 10.2 Å². The van der Waals surface area contributed by atoms with E-state index in [4.69, 9.17) is 11.6 Å². The van der Waals surface area contributed by atoms with Crippen molar-refractivity contribution in [1.82, 2.24) is 4.98 Å². The van der Waals surface area contributed by atoms with Crippen molar-refractivity contribution < 1.29 is 9.31 Å². The maximum Gasteiger partial charge on any atom is 0.289 e. The Morgan fingerprint density at radius 3 is 2.96 bits per heavy atom. The second kappa shape index (κ2) is 7.00. The number of rotatable bonds is 4. The molecule has 1 aromatic heterocycles. The number of nitrogens with zero attached hydrogens (tertiary/aromatic N) is 3. The third-order valence-electron chi connectivity index (χ3n) is 3.97. The molecule has 0 radical (unpaired) electrons. The van der Waals surface area contributed by atoms with Gasteiger partial charge in [0, 0.05) is 30.9 Å². The first-order chi connectivity index (χ1) is 11.5. The minimum absolute atomic E-state index is 0.0773. The van der Waals surface area contributed by atoms with Gasteiger partial charge in [-0.25, -0.2) is 9.37 Å². The molecular formula is C16H16ClFN4O2. The number of halogens is 2. The van der Waals surface area contributed by atoms with Gasteiger partial charge in [0.25, 0.3) is 5.69 Å². The van der Waals surface area contributed by atoms with Crippen LogP contribution in [-0.4, -0.2) is 29.0 Å². The summed E-state index contributed by atoms with van der Waals surface area (Å²) in [6.45, 7) is 1.53. The monoisotopic (exact) mass is 350 g/mol. The molecule has 0 saturated carbocycles. The van der Waals surface area contributed by atoms with E-state index in [1.54, 1.807) is 6.07 Å². The average Bonchev–Trinajstić information content (AvgIpc) is 2.57. The van der Waals surface area contributed by atoms with Crippen molar-refractivity contribution in [3.05, 3.63) is 57.5 Å². The summed E-state index contributed by atoms with van der Waals surface area (Å²) in [5.41, 5.74) is 0.694. The van der Waals surface area contributed by atoms with Crippen LogP contribution in [0, 0.1) is 15.9 Å². The molecule has 0 bridgehead atoms. The van der Waals surface area contributed by atoms with Crippen LogP contribution < -0.4 is 10.2 Å². The Bertz CT molecular complexity index is 759. The zero-order valence-corrected chi connectivity index (χ0v) is 13.5. The fraction of sp³-hybridized carbons (Fsp3) is 0.312. The van der Waals surface area contributed by atoms with E-state index in [1.807, 2.05) is 6.07 Å². The first-order valence-corrected chi connectivity index (χ1v) is 7.98. The third-order valence-corrected chi connectivity index (χ3v) is 4.26. The van der Waals surface area contributed by atoms with Crippen LogP contribution in [0.15, 0.2) is 36.5 Å². The quantitative estimate of drug-likeness (QED) is 0.669. The number of pyridine rings is 1. The van der Waals surface area contributed by atoms with Gasteiger partial charge in [0.2, 0.25) is 0 Å². The van der Waals surface area contributed by atoms with E-state index in [0.29, 0.717) is 12.4 Å². The number of nitro groups is 1. The predicted molar refractivity (Wildman–Crippen MR) is 91.2 cm³/mol. The molecular weight excluding hydrogens is 335 g/mol. The standard InChI is InChI=1S/C16H16ClFN4O2/c17-15-8-14(22(23)24)9-19-16(15)20-12-4-2-6-21(10-12)13-5-1-3-11(18)7-13/h1,3,5,7-9,12H,2,4,6,10H2,(H,19,20). The number of piperidine rings is 1. The largest absolute Gasteiger partial charge is 0.369 e. The van der Waals surface area contributed by atoms with E-state index in [1.165, 1.54) is 24.4 Å². The first-order valence-electron chi connectivity index (χ1n) is 7.60. The van der Waals surface area contributed by atoms with Crippen LogP contribution in [0.4, 0.5) is 21.6 Å². The highest BCUT2D eigenvalue weighted by Gasteiger charge is 2.22. The summed E-state index contributed by atoms with van der Waals surface area (Å²) in [6.07, 6.45) is 3.04. The van der Waals surface area contributed by atoms with Crippen LogP contribution in [-0.2, 0) is 0 Å². The molecule has 0 amide bonds. The first kappa shape index (κ1) is 16.4. The van der Waals surface area contributed by atoms with E-state index in [9.17, 15) is 14.5 Å². The summed E-state index contributed by atoms with van der Waals surface area (Å²) < 4.78 is 13.4. The fourth-order valence-corrected chi connectivity index (χ4v) is 3.04. The molecule has 1 aliphatic heterocycles. The van der Waals surface area contributed by atoms with Crippen molar-refractivity contribution in [3.8, 4) is 0 Å². The summed E-state index contributed by atoms with van der Waals surface area (Å²) in [5.74, 6) is 0.163. The molecule has 24 heavy (non-hydrogen) atoms. The molecule has 3 rings (SSSR count). The Morgan fingerprint density at radius 2 is 2.25 bits per heavy atom. The Kier molecular flexibility index (Phi) is 4.80. The van der Waals surface area contributed by atoms with Gasteiger partial charge in [0.1, 0.15) is 17.8 Å². The van der Waals surface area contributed by atoms with Crippen LogP contribution in [0.5, 0.6) is 0 Å². The minimum Gasteiger partial charge on any atom is -0.369 e. The molecule has 1 aliphatic rings. The summed E-state index contributed by atoms with van der Waals surface area (Å²) in [7, 11) is 0. The van der Waals surface area contributed by atoms with Crippen molar-refractivity contribution in [2.75, 3.05) is 23.3 Å². The Hall–Kier alpha value is -2.41. The van der Waals surface area contributed by atoms with Gasteiger partial charge in [-0.05, 0) is 31.0 Å². The lowest BCUT2D eigenvalue weighted by atomic mass is 10.0. The third kappa shape index (κ3) is 3.73. The van der Waals surface area contributed by atoms with E-state index < -0.39 is 4.92 Å². The maximum absolute atomic E-state index is 13.4. The second-order valence-corrected chi connectivity index (χ2v) is 6.10. The molecule has 1 unspecified atom stereocenters.